The molecule has 2 aromatic carbocycles. The molecule has 2 N–H and O–H groups in total. The fourth-order valence-electron chi connectivity index (χ4n) is 3.13. The van der Waals surface area contributed by atoms with Gasteiger partial charge in [-0.2, -0.15) is 0 Å². The van der Waals surface area contributed by atoms with Crippen molar-refractivity contribution in [2.45, 2.75) is 18.3 Å². The molecule has 0 saturated heterocycles. The second-order valence-electron chi connectivity index (χ2n) is 5.33. The SMILES string of the molecule is Cc1ccc2c(c1)[C@@]1(O)C(=O)c3ccccc3[C@]1(O)O2. The smallest absolute Gasteiger partial charge is 0.276 e. The van der Waals surface area contributed by atoms with E-state index < -0.39 is 17.2 Å². The number of carbonyl (C=O) groups excluding carboxylic acids is 1. The highest BCUT2D eigenvalue weighted by atomic mass is 16.7. The molecule has 4 rings (SSSR count). The molecule has 0 fully saturated rings. The molecule has 1 aliphatic heterocycles. The average Bonchev–Trinajstić information content (AvgIpc) is 2.77. The Hall–Kier alpha value is -2.17. The van der Waals surface area contributed by atoms with E-state index in [9.17, 15) is 15.0 Å². The third-order valence-corrected chi connectivity index (χ3v) is 4.14. The molecule has 0 spiro atoms. The number of aryl methyl sites for hydroxylation is 1. The van der Waals surface area contributed by atoms with Crippen LogP contribution in [0.3, 0.4) is 0 Å². The van der Waals surface area contributed by atoms with E-state index in [-0.39, 0.29) is 0 Å². The second-order valence-corrected chi connectivity index (χ2v) is 5.33. The van der Waals surface area contributed by atoms with Crippen molar-refractivity contribution in [3.8, 4) is 5.75 Å². The summed E-state index contributed by atoms with van der Waals surface area (Å²) in [6.07, 6.45) is 0. The maximum atomic E-state index is 12.6. The number of rotatable bonds is 0. The van der Waals surface area contributed by atoms with Crippen LogP contribution in [-0.2, 0) is 11.4 Å². The van der Waals surface area contributed by atoms with Gasteiger partial charge in [-0.25, -0.2) is 0 Å². The summed E-state index contributed by atoms with van der Waals surface area (Å²) in [7, 11) is 0. The Morgan fingerprint density at radius 1 is 1.05 bits per heavy atom. The normalized spacial score (nSPS) is 29.6. The topological polar surface area (TPSA) is 66.8 Å². The summed E-state index contributed by atoms with van der Waals surface area (Å²) in [5.41, 5.74) is -0.265. The van der Waals surface area contributed by atoms with Crippen molar-refractivity contribution in [1.82, 2.24) is 0 Å². The highest BCUT2D eigenvalue weighted by Crippen LogP contribution is 2.57. The number of Topliss-reactive ketones (excluding diaryl/α,β-unsaturated/α-hetero) is 1. The summed E-state index contributed by atoms with van der Waals surface area (Å²) < 4.78 is 5.56. The Kier molecular flexibility index (Phi) is 1.91. The quantitative estimate of drug-likeness (QED) is 0.762. The largest absolute Gasteiger partial charge is 0.454 e. The first kappa shape index (κ1) is 11.6. The number of hydrogen-bond acceptors (Lipinski definition) is 4. The molecule has 0 radical (unpaired) electrons. The molecule has 0 unspecified atom stereocenters. The van der Waals surface area contributed by atoms with Crippen molar-refractivity contribution in [1.29, 1.82) is 0 Å². The molecule has 20 heavy (non-hydrogen) atoms. The van der Waals surface area contributed by atoms with Crippen molar-refractivity contribution < 1.29 is 19.7 Å². The van der Waals surface area contributed by atoms with Gasteiger partial charge in [0.25, 0.3) is 5.79 Å². The molecule has 1 heterocycles. The van der Waals surface area contributed by atoms with Crippen molar-refractivity contribution in [3.05, 3.63) is 64.7 Å². The van der Waals surface area contributed by atoms with Crippen LogP contribution in [0.2, 0.25) is 0 Å². The van der Waals surface area contributed by atoms with E-state index in [1.54, 1.807) is 36.4 Å². The monoisotopic (exact) mass is 268 g/mol. The Balaban J connectivity index is 2.07. The average molecular weight is 268 g/mol. The molecule has 0 saturated carbocycles. The molecule has 0 bridgehead atoms. The number of ketones is 1. The van der Waals surface area contributed by atoms with Crippen LogP contribution in [-0.4, -0.2) is 16.0 Å². The highest BCUT2D eigenvalue weighted by Gasteiger charge is 2.70. The first-order chi connectivity index (χ1) is 9.48. The molecule has 1 aliphatic carbocycles. The van der Waals surface area contributed by atoms with Gasteiger partial charge in [-0.15, -0.1) is 0 Å². The molecule has 100 valence electrons. The lowest BCUT2D eigenvalue weighted by atomic mass is 9.86. The molecule has 4 nitrogen and oxygen atoms in total. The predicted molar refractivity (Wildman–Crippen MR) is 70.4 cm³/mol. The van der Waals surface area contributed by atoms with E-state index in [0.29, 0.717) is 22.4 Å². The number of benzene rings is 2. The van der Waals surface area contributed by atoms with E-state index in [1.807, 2.05) is 13.0 Å². The second kappa shape index (κ2) is 3.29. The van der Waals surface area contributed by atoms with Gasteiger partial charge in [0.15, 0.2) is 0 Å². The fraction of sp³-hybridized carbons (Fsp3) is 0.188. The van der Waals surface area contributed by atoms with Crippen LogP contribution < -0.4 is 4.74 Å². The zero-order valence-electron chi connectivity index (χ0n) is 10.8. The van der Waals surface area contributed by atoms with Crippen LogP contribution in [0.25, 0.3) is 0 Å². The van der Waals surface area contributed by atoms with Crippen molar-refractivity contribution in [3.63, 3.8) is 0 Å². The lowest BCUT2D eigenvalue weighted by Gasteiger charge is -2.28. The maximum Gasteiger partial charge on any atom is 0.276 e. The summed E-state index contributed by atoms with van der Waals surface area (Å²) >= 11 is 0. The van der Waals surface area contributed by atoms with Crippen LogP contribution in [0.15, 0.2) is 42.5 Å². The van der Waals surface area contributed by atoms with Crippen LogP contribution >= 0.6 is 0 Å². The lowest BCUT2D eigenvalue weighted by molar-refractivity contribution is -0.224. The van der Waals surface area contributed by atoms with Gasteiger partial charge in [-0.05, 0) is 19.1 Å². The minimum atomic E-state index is -2.07. The van der Waals surface area contributed by atoms with Gasteiger partial charge < -0.3 is 14.9 Å². The maximum absolute atomic E-state index is 12.6. The van der Waals surface area contributed by atoms with Crippen molar-refractivity contribution in [2.24, 2.45) is 0 Å². The highest BCUT2D eigenvalue weighted by molar-refractivity contribution is 6.09. The molecule has 2 aliphatic rings. The number of carbonyl (C=O) groups is 1. The van der Waals surface area contributed by atoms with E-state index in [2.05, 4.69) is 0 Å². The third-order valence-electron chi connectivity index (χ3n) is 4.14. The van der Waals surface area contributed by atoms with Gasteiger partial charge in [0, 0.05) is 16.7 Å². The molecule has 4 heteroatoms. The third kappa shape index (κ3) is 1.04. The number of hydrogen-bond donors (Lipinski definition) is 2. The van der Waals surface area contributed by atoms with Crippen molar-refractivity contribution in [2.75, 3.05) is 0 Å². The molecule has 0 aromatic heterocycles. The zero-order chi connectivity index (χ0) is 14.1. The standard InChI is InChI=1S/C16H12O4/c1-9-6-7-13-12(8-9)15(18)14(17)10-4-2-3-5-11(10)16(15,19)20-13/h2-8,18-19H,1H3/t15-,16+/m1/s1. The van der Waals surface area contributed by atoms with E-state index in [1.165, 1.54) is 0 Å². The minimum absolute atomic E-state index is 0.296. The van der Waals surface area contributed by atoms with Crippen LogP contribution in [0.4, 0.5) is 0 Å². The Bertz CT molecular complexity index is 767. The molecule has 0 amide bonds. The van der Waals surface area contributed by atoms with Gasteiger partial charge in [0.05, 0.1) is 0 Å². The first-order valence-electron chi connectivity index (χ1n) is 6.37. The van der Waals surface area contributed by atoms with E-state index in [0.717, 1.165) is 5.56 Å². The van der Waals surface area contributed by atoms with E-state index in [4.69, 9.17) is 4.74 Å². The van der Waals surface area contributed by atoms with Gasteiger partial charge in [0.1, 0.15) is 5.75 Å². The summed E-state index contributed by atoms with van der Waals surface area (Å²) in [6.45, 7) is 1.85. The Morgan fingerprint density at radius 3 is 2.60 bits per heavy atom. The van der Waals surface area contributed by atoms with Crippen LogP contribution in [0, 0.1) is 6.92 Å². The fourth-order valence-corrected chi connectivity index (χ4v) is 3.13. The lowest BCUT2D eigenvalue weighted by Crippen LogP contribution is -2.48. The summed E-state index contributed by atoms with van der Waals surface area (Å²) in [5.74, 6) is -2.24. The van der Waals surface area contributed by atoms with E-state index >= 15 is 0 Å². The van der Waals surface area contributed by atoms with Crippen LogP contribution in [0.5, 0.6) is 5.75 Å². The summed E-state index contributed by atoms with van der Waals surface area (Å²) in [4.78, 5) is 12.6. The summed E-state index contributed by atoms with van der Waals surface area (Å²) in [6, 6.07) is 11.7. The minimum Gasteiger partial charge on any atom is -0.454 e. The molecular formula is C16H12O4. The molecule has 2 atom stereocenters. The zero-order valence-corrected chi connectivity index (χ0v) is 10.8. The van der Waals surface area contributed by atoms with Gasteiger partial charge in [-0.1, -0.05) is 35.9 Å². The van der Waals surface area contributed by atoms with Crippen molar-refractivity contribution >= 4 is 5.78 Å². The number of aliphatic hydroxyl groups is 2. The Morgan fingerprint density at radius 2 is 1.80 bits per heavy atom. The Labute approximate surface area is 115 Å². The van der Waals surface area contributed by atoms with Gasteiger partial charge >= 0.3 is 0 Å². The van der Waals surface area contributed by atoms with Gasteiger partial charge in [-0.3, -0.25) is 4.79 Å². The summed E-state index contributed by atoms with van der Waals surface area (Å²) in [5, 5.41) is 21.8. The van der Waals surface area contributed by atoms with Crippen LogP contribution in [0.1, 0.15) is 27.0 Å². The number of ether oxygens (including phenoxy) is 1. The first-order valence-corrected chi connectivity index (χ1v) is 6.37. The molecule has 2 aromatic rings. The predicted octanol–water partition coefficient (Wildman–Crippen LogP) is 1.62. The molecular weight excluding hydrogens is 256 g/mol. The van der Waals surface area contributed by atoms with Gasteiger partial charge in [0.2, 0.25) is 11.4 Å². The number of fused-ring (bicyclic) bond motifs is 5.